The van der Waals surface area contributed by atoms with E-state index in [4.69, 9.17) is 5.73 Å². The normalized spacial score (nSPS) is 10.8. The molecule has 0 aliphatic carbocycles. The molecule has 6 heteroatoms. The molecule has 3 aromatic carbocycles. The molecule has 0 spiro atoms. The van der Waals surface area contributed by atoms with Gasteiger partial charge in [0.2, 0.25) is 7.28 Å². The molecular weight excluding hydrogens is 382 g/mol. The maximum absolute atomic E-state index is 13.8. The van der Waals surface area contributed by atoms with E-state index in [1.165, 1.54) is 31.2 Å². The van der Waals surface area contributed by atoms with E-state index in [-0.39, 0.29) is 11.5 Å². The van der Waals surface area contributed by atoms with Crippen LogP contribution in [0.25, 0.3) is 6.08 Å². The number of benzene rings is 3. The van der Waals surface area contributed by atoms with Crippen molar-refractivity contribution in [2.75, 3.05) is 17.3 Å². The highest BCUT2D eigenvalue weighted by atomic mass is 32.2. The second-order valence-corrected chi connectivity index (χ2v) is 7.30. The summed E-state index contributed by atoms with van der Waals surface area (Å²) in [5.74, 6) is -0.221. The number of hydrogen-bond acceptors (Lipinski definition) is 4. The molecule has 0 saturated carbocycles. The fourth-order valence-electron chi connectivity index (χ4n) is 2.75. The van der Waals surface area contributed by atoms with E-state index in [0.29, 0.717) is 22.6 Å². The molecule has 1 radical (unpaired) electrons. The molecule has 0 saturated heterocycles. The Bertz CT molecular complexity index is 1020. The molecular formula is C23H21BFN2OS. The average Bonchev–Trinajstić information content (AvgIpc) is 2.73. The van der Waals surface area contributed by atoms with Crippen molar-refractivity contribution >= 4 is 47.6 Å². The van der Waals surface area contributed by atoms with E-state index in [9.17, 15) is 9.18 Å². The number of hydrogen-bond donors (Lipinski definition) is 2. The number of nitrogens with one attached hydrogen (secondary N) is 1. The van der Waals surface area contributed by atoms with Crippen LogP contribution in [0.4, 0.5) is 15.8 Å². The Balaban J connectivity index is 1.54. The summed E-state index contributed by atoms with van der Waals surface area (Å²) in [5.41, 5.74) is 9.75. The molecule has 0 aliphatic heterocycles. The molecule has 0 heterocycles. The van der Waals surface area contributed by atoms with Crippen LogP contribution < -0.4 is 16.5 Å². The average molecular weight is 403 g/mol. The van der Waals surface area contributed by atoms with Crippen molar-refractivity contribution in [3.63, 3.8) is 0 Å². The smallest absolute Gasteiger partial charge is 0.249 e. The monoisotopic (exact) mass is 403 g/mol. The molecule has 0 bridgehead atoms. The lowest BCUT2D eigenvalue weighted by atomic mass is 9.65. The largest absolute Gasteiger partial charge is 0.399 e. The highest BCUT2D eigenvalue weighted by Crippen LogP contribution is 2.22. The minimum absolute atomic E-state index is 0.121. The summed E-state index contributed by atoms with van der Waals surface area (Å²) in [7, 11) is 1.52. The zero-order chi connectivity index (χ0) is 20.6. The van der Waals surface area contributed by atoms with Gasteiger partial charge in [0, 0.05) is 22.8 Å². The second kappa shape index (κ2) is 9.98. The van der Waals surface area contributed by atoms with Crippen molar-refractivity contribution in [1.29, 1.82) is 0 Å². The third-order valence-electron chi connectivity index (χ3n) is 4.36. The SMILES string of the molecule is CSc1ccc(NCc2ccc(/C=C/C(=O)[B]c3ccccc3N)cc2)cc1F. The Morgan fingerprint density at radius 2 is 1.90 bits per heavy atom. The van der Waals surface area contributed by atoms with Gasteiger partial charge in [-0.05, 0) is 47.7 Å². The zero-order valence-electron chi connectivity index (χ0n) is 16.1. The van der Waals surface area contributed by atoms with Gasteiger partial charge in [-0.3, -0.25) is 0 Å². The van der Waals surface area contributed by atoms with Gasteiger partial charge in [-0.15, -0.1) is 11.8 Å². The molecule has 3 nitrogen and oxygen atoms in total. The molecule has 3 aromatic rings. The van der Waals surface area contributed by atoms with Gasteiger partial charge < -0.3 is 15.8 Å². The minimum Gasteiger partial charge on any atom is -0.399 e. The van der Waals surface area contributed by atoms with Crippen LogP contribution in [0.2, 0.25) is 0 Å². The van der Waals surface area contributed by atoms with Crippen molar-refractivity contribution < 1.29 is 9.18 Å². The van der Waals surface area contributed by atoms with Crippen LogP contribution >= 0.6 is 11.8 Å². The zero-order valence-corrected chi connectivity index (χ0v) is 16.9. The Hall–Kier alpha value is -2.99. The van der Waals surface area contributed by atoms with Crippen LogP contribution in [0.15, 0.2) is 77.7 Å². The van der Waals surface area contributed by atoms with Crippen LogP contribution in [-0.4, -0.2) is 19.2 Å². The van der Waals surface area contributed by atoms with Crippen molar-refractivity contribution in [3.8, 4) is 0 Å². The molecule has 0 unspecified atom stereocenters. The number of para-hydroxylation sites is 1. The Kier molecular flexibility index (Phi) is 7.14. The van der Waals surface area contributed by atoms with Gasteiger partial charge >= 0.3 is 0 Å². The molecule has 0 amide bonds. The molecule has 0 aromatic heterocycles. The van der Waals surface area contributed by atoms with Crippen LogP contribution in [0.5, 0.6) is 0 Å². The fraction of sp³-hybridized carbons (Fsp3) is 0.0870. The van der Waals surface area contributed by atoms with Gasteiger partial charge in [0.25, 0.3) is 0 Å². The number of nitrogen functional groups attached to an aromatic ring is 1. The number of thioether (sulfide) groups is 1. The number of halogens is 1. The van der Waals surface area contributed by atoms with Crippen LogP contribution in [-0.2, 0) is 11.3 Å². The summed E-state index contributed by atoms with van der Waals surface area (Å²) >= 11 is 1.39. The molecule has 3 rings (SSSR count). The first kappa shape index (κ1) is 20.7. The van der Waals surface area contributed by atoms with E-state index in [0.717, 1.165) is 16.8 Å². The third-order valence-corrected chi connectivity index (χ3v) is 5.13. The van der Waals surface area contributed by atoms with E-state index < -0.39 is 0 Å². The highest BCUT2D eigenvalue weighted by molar-refractivity contribution is 7.98. The standard InChI is InChI=1S/C23H21BFN2OS/c1-29-22-12-11-18(14-20(22)25)27-15-17-8-6-16(7-9-17)10-13-23(28)24-19-4-2-3-5-21(19)26/h2-14,27H,15,26H2,1H3/b13-10+. The summed E-state index contributed by atoms with van der Waals surface area (Å²) in [6.07, 6.45) is 5.14. The number of rotatable bonds is 8. The molecule has 145 valence electrons. The molecule has 0 aliphatic rings. The van der Waals surface area contributed by atoms with Crippen LogP contribution in [0.3, 0.4) is 0 Å². The van der Waals surface area contributed by atoms with E-state index in [2.05, 4.69) is 5.32 Å². The first-order valence-electron chi connectivity index (χ1n) is 9.13. The van der Waals surface area contributed by atoms with E-state index in [1.54, 1.807) is 18.2 Å². The minimum atomic E-state index is -0.221. The number of carbonyl (C=O) groups excluding carboxylic acids is 1. The maximum atomic E-state index is 13.8. The van der Waals surface area contributed by atoms with Crippen LogP contribution in [0.1, 0.15) is 11.1 Å². The third kappa shape index (κ3) is 5.99. The summed E-state index contributed by atoms with van der Waals surface area (Å²) in [4.78, 5) is 12.7. The lowest BCUT2D eigenvalue weighted by Gasteiger charge is -2.08. The highest BCUT2D eigenvalue weighted by Gasteiger charge is 2.06. The summed E-state index contributed by atoms with van der Waals surface area (Å²) < 4.78 is 13.8. The number of anilines is 2. The van der Waals surface area contributed by atoms with Crippen molar-refractivity contribution in [2.45, 2.75) is 11.4 Å². The first-order chi connectivity index (χ1) is 14.0. The van der Waals surface area contributed by atoms with Gasteiger partial charge in [0.05, 0.1) is 0 Å². The van der Waals surface area contributed by atoms with Gasteiger partial charge in [0.1, 0.15) is 11.5 Å². The van der Waals surface area contributed by atoms with Crippen molar-refractivity contribution in [2.24, 2.45) is 0 Å². The number of allylic oxidation sites excluding steroid dienone is 1. The van der Waals surface area contributed by atoms with Gasteiger partial charge in [-0.2, -0.15) is 0 Å². The van der Waals surface area contributed by atoms with Gasteiger partial charge in [-0.25, -0.2) is 4.39 Å². The van der Waals surface area contributed by atoms with Crippen LogP contribution in [0, 0.1) is 5.82 Å². The van der Waals surface area contributed by atoms with Crippen molar-refractivity contribution in [1.82, 2.24) is 0 Å². The predicted molar refractivity (Wildman–Crippen MR) is 122 cm³/mol. The quantitative estimate of drug-likeness (QED) is 0.255. The fourth-order valence-corrected chi connectivity index (χ4v) is 3.21. The molecule has 0 atom stereocenters. The summed E-state index contributed by atoms with van der Waals surface area (Å²) in [6.45, 7) is 0.585. The Morgan fingerprint density at radius 3 is 2.59 bits per heavy atom. The number of carbonyl (C=O) groups is 1. The number of nitrogens with two attached hydrogens (primary N) is 1. The lowest BCUT2D eigenvalue weighted by molar-refractivity contribution is -0.107. The second-order valence-electron chi connectivity index (χ2n) is 6.45. The van der Waals surface area contributed by atoms with Crippen molar-refractivity contribution in [3.05, 3.63) is 89.8 Å². The van der Waals surface area contributed by atoms with Gasteiger partial charge in [-0.1, -0.05) is 54.0 Å². The topological polar surface area (TPSA) is 55.1 Å². The summed E-state index contributed by atoms with van der Waals surface area (Å²) in [6, 6.07) is 20.2. The van der Waals surface area contributed by atoms with Gasteiger partial charge in [0.15, 0.2) is 0 Å². The molecule has 0 fully saturated rings. The first-order valence-corrected chi connectivity index (χ1v) is 10.4. The predicted octanol–water partition coefficient (Wildman–Crippen LogP) is 4.31. The summed E-state index contributed by atoms with van der Waals surface area (Å²) in [5, 5.41) is 3.22. The Labute approximate surface area is 175 Å². The lowest BCUT2D eigenvalue weighted by Crippen LogP contribution is -2.24. The molecule has 29 heavy (non-hydrogen) atoms. The Morgan fingerprint density at radius 1 is 1.14 bits per heavy atom. The maximum Gasteiger partial charge on any atom is 0.249 e. The van der Waals surface area contributed by atoms with E-state index in [1.807, 2.05) is 54.8 Å². The van der Waals surface area contributed by atoms with E-state index >= 15 is 0 Å². The molecule has 3 N–H and O–H groups in total.